The number of nitrogens with zero attached hydrogens (tertiary/aromatic N) is 2. The van der Waals surface area contributed by atoms with E-state index in [0.717, 1.165) is 20.6 Å². The van der Waals surface area contributed by atoms with Crippen molar-refractivity contribution in [2.75, 3.05) is 23.7 Å². The fourth-order valence-electron chi connectivity index (χ4n) is 3.11. The Morgan fingerprint density at radius 1 is 1.19 bits per heavy atom. The molecule has 32 heavy (non-hydrogen) atoms. The number of amides is 2. The van der Waals surface area contributed by atoms with E-state index in [1.165, 1.54) is 30.0 Å². The summed E-state index contributed by atoms with van der Waals surface area (Å²) in [5.41, 5.74) is 1.34. The molecule has 1 unspecified atom stereocenters. The first kappa shape index (κ1) is 25.8. The summed E-state index contributed by atoms with van der Waals surface area (Å²) >= 11 is 3.37. The fraction of sp³-hybridized carbons (Fsp3) is 0.364. The van der Waals surface area contributed by atoms with Gasteiger partial charge in [0.1, 0.15) is 18.4 Å². The molecule has 0 heterocycles. The molecule has 0 aromatic heterocycles. The number of hydrogen-bond donors (Lipinski definition) is 1. The van der Waals surface area contributed by atoms with Crippen LogP contribution in [0.1, 0.15) is 25.0 Å². The van der Waals surface area contributed by atoms with Crippen molar-refractivity contribution in [1.29, 1.82) is 0 Å². The van der Waals surface area contributed by atoms with E-state index < -0.39 is 40.2 Å². The lowest BCUT2D eigenvalue weighted by Gasteiger charge is -2.31. The van der Waals surface area contributed by atoms with Gasteiger partial charge in [0.05, 0.1) is 11.9 Å². The molecule has 1 atom stereocenters. The molecule has 2 amide bonds. The zero-order valence-electron chi connectivity index (χ0n) is 18.4. The molecule has 0 aliphatic rings. The molecule has 1 N–H and O–H groups in total. The highest BCUT2D eigenvalue weighted by Crippen LogP contribution is 2.25. The summed E-state index contributed by atoms with van der Waals surface area (Å²) in [6.07, 6.45) is 1.01. The molecule has 0 fully saturated rings. The molecule has 0 saturated carbocycles. The topological polar surface area (TPSA) is 86.8 Å². The Balaban J connectivity index is 2.42. The van der Waals surface area contributed by atoms with E-state index in [4.69, 9.17) is 0 Å². The van der Waals surface area contributed by atoms with Crippen LogP contribution in [-0.4, -0.2) is 50.5 Å². The van der Waals surface area contributed by atoms with Crippen molar-refractivity contribution in [3.63, 3.8) is 0 Å². The monoisotopic (exact) mass is 527 g/mol. The van der Waals surface area contributed by atoms with Gasteiger partial charge in [-0.2, -0.15) is 0 Å². The maximum absolute atomic E-state index is 14.3. The summed E-state index contributed by atoms with van der Waals surface area (Å²) in [4.78, 5) is 27.0. The number of halogens is 2. The molecule has 10 heteroatoms. The van der Waals surface area contributed by atoms with Gasteiger partial charge in [0.2, 0.25) is 21.8 Å². The maximum Gasteiger partial charge on any atom is 0.244 e. The predicted octanol–water partition coefficient (Wildman–Crippen LogP) is 3.22. The van der Waals surface area contributed by atoms with E-state index in [1.807, 2.05) is 0 Å². The lowest BCUT2D eigenvalue weighted by atomic mass is 10.1. The molecule has 0 spiro atoms. The van der Waals surface area contributed by atoms with Gasteiger partial charge in [-0.05, 0) is 50.6 Å². The van der Waals surface area contributed by atoms with Crippen LogP contribution in [0.15, 0.2) is 46.9 Å². The Kier molecular flexibility index (Phi) is 8.80. The van der Waals surface area contributed by atoms with Crippen molar-refractivity contribution >= 4 is 43.5 Å². The minimum atomic E-state index is -3.82. The Labute approximate surface area is 196 Å². The first-order valence-electron chi connectivity index (χ1n) is 10.00. The van der Waals surface area contributed by atoms with E-state index in [0.29, 0.717) is 12.2 Å². The third kappa shape index (κ3) is 6.52. The number of nitrogens with one attached hydrogen (secondary N) is 1. The first-order valence-corrected chi connectivity index (χ1v) is 12.6. The lowest BCUT2D eigenvalue weighted by Crippen LogP contribution is -2.51. The van der Waals surface area contributed by atoms with E-state index in [9.17, 15) is 22.4 Å². The van der Waals surface area contributed by atoms with Crippen LogP contribution in [0.2, 0.25) is 0 Å². The second-order valence-electron chi connectivity index (χ2n) is 7.39. The summed E-state index contributed by atoms with van der Waals surface area (Å²) in [6, 6.07) is 9.93. The summed E-state index contributed by atoms with van der Waals surface area (Å²) < 4.78 is 41.1. The fourth-order valence-corrected chi connectivity index (χ4v) is 4.20. The number of benzene rings is 2. The van der Waals surface area contributed by atoms with Gasteiger partial charge in [-0.15, -0.1) is 0 Å². The molecule has 2 rings (SSSR count). The molecule has 0 radical (unpaired) electrons. The van der Waals surface area contributed by atoms with Crippen molar-refractivity contribution in [2.45, 2.75) is 33.4 Å². The van der Waals surface area contributed by atoms with Gasteiger partial charge >= 0.3 is 0 Å². The molecule has 7 nitrogen and oxygen atoms in total. The largest absolute Gasteiger partial charge is 0.355 e. The van der Waals surface area contributed by atoms with Gasteiger partial charge in [-0.3, -0.25) is 13.9 Å². The van der Waals surface area contributed by atoms with Gasteiger partial charge in [0.15, 0.2) is 0 Å². The normalized spacial score (nSPS) is 12.2. The van der Waals surface area contributed by atoms with Crippen LogP contribution >= 0.6 is 15.9 Å². The van der Waals surface area contributed by atoms with E-state index >= 15 is 0 Å². The lowest BCUT2D eigenvalue weighted by molar-refractivity contribution is -0.139. The number of rotatable bonds is 9. The summed E-state index contributed by atoms with van der Waals surface area (Å²) in [6.45, 7) is 4.72. The second-order valence-corrected chi connectivity index (χ2v) is 10.1. The maximum atomic E-state index is 14.3. The molecule has 0 aliphatic heterocycles. The van der Waals surface area contributed by atoms with Crippen LogP contribution in [0, 0.1) is 12.7 Å². The third-order valence-corrected chi connectivity index (χ3v) is 6.96. The number of hydrogen-bond acceptors (Lipinski definition) is 4. The molecule has 2 aromatic rings. The Morgan fingerprint density at radius 3 is 2.41 bits per heavy atom. The van der Waals surface area contributed by atoms with E-state index in [-0.39, 0.29) is 12.1 Å². The van der Waals surface area contributed by atoms with Crippen LogP contribution in [0.3, 0.4) is 0 Å². The Bertz CT molecular complexity index is 1090. The number of sulfonamides is 1. The number of carbonyl (C=O) groups excluding carboxylic acids is 2. The number of anilines is 1. The van der Waals surface area contributed by atoms with Crippen molar-refractivity contribution in [1.82, 2.24) is 10.2 Å². The highest BCUT2D eigenvalue weighted by molar-refractivity contribution is 9.10. The van der Waals surface area contributed by atoms with Crippen LogP contribution < -0.4 is 9.62 Å². The zero-order valence-corrected chi connectivity index (χ0v) is 20.8. The zero-order chi connectivity index (χ0) is 24.1. The van der Waals surface area contributed by atoms with Gasteiger partial charge in [-0.1, -0.05) is 34.1 Å². The first-order chi connectivity index (χ1) is 15.0. The standard InChI is InChI=1S/C22H27BrFN3O4S/c1-5-25-22(29)16(3)26(13-17-8-6-7-9-20(17)24)21(28)14-27(32(4,30)31)18-10-11-19(23)15(2)12-18/h6-12,16H,5,13-14H2,1-4H3,(H,25,29). The van der Waals surface area contributed by atoms with Crippen LogP contribution in [-0.2, 0) is 26.2 Å². The minimum absolute atomic E-state index is 0.180. The molecule has 2 aromatic carbocycles. The average Bonchev–Trinajstić information content (AvgIpc) is 2.72. The predicted molar refractivity (Wildman–Crippen MR) is 126 cm³/mol. The summed E-state index contributed by atoms with van der Waals surface area (Å²) in [7, 11) is -3.82. The van der Waals surface area contributed by atoms with Gasteiger partial charge in [-0.25, -0.2) is 12.8 Å². The summed E-state index contributed by atoms with van der Waals surface area (Å²) in [5.74, 6) is -1.56. The van der Waals surface area contributed by atoms with Crippen molar-refractivity contribution in [2.24, 2.45) is 0 Å². The average molecular weight is 528 g/mol. The van der Waals surface area contributed by atoms with Gasteiger partial charge in [0, 0.05) is 23.1 Å². The molecule has 0 saturated heterocycles. The van der Waals surface area contributed by atoms with Crippen molar-refractivity contribution in [3.8, 4) is 0 Å². The van der Waals surface area contributed by atoms with E-state index in [1.54, 1.807) is 38.1 Å². The highest BCUT2D eigenvalue weighted by Gasteiger charge is 2.30. The highest BCUT2D eigenvalue weighted by atomic mass is 79.9. The molecule has 174 valence electrons. The third-order valence-electron chi connectivity index (χ3n) is 4.93. The van der Waals surface area contributed by atoms with Crippen LogP contribution in [0.5, 0.6) is 0 Å². The second kappa shape index (κ2) is 10.9. The number of likely N-dealkylation sites (N-methyl/N-ethyl adjacent to an activating group) is 1. The Morgan fingerprint density at radius 2 is 1.84 bits per heavy atom. The molecular formula is C22H27BrFN3O4S. The Hall–Kier alpha value is -2.46. The van der Waals surface area contributed by atoms with Crippen LogP contribution in [0.4, 0.5) is 10.1 Å². The number of aryl methyl sites for hydroxylation is 1. The van der Waals surface area contributed by atoms with Gasteiger partial charge < -0.3 is 10.2 Å². The van der Waals surface area contributed by atoms with E-state index in [2.05, 4.69) is 21.2 Å². The quantitative estimate of drug-likeness (QED) is 0.542. The SMILES string of the molecule is CCNC(=O)C(C)N(Cc1ccccc1F)C(=O)CN(c1ccc(Br)c(C)c1)S(C)(=O)=O. The van der Waals surface area contributed by atoms with Crippen LogP contribution in [0.25, 0.3) is 0 Å². The minimum Gasteiger partial charge on any atom is -0.355 e. The van der Waals surface area contributed by atoms with Crippen molar-refractivity contribution in [3.05, 3.63) is 63.9 Å². The van der Waals surface area contributed by atoms with Crippen molar-refractivity contribution < 1.29 is 22.4 Å². The molecule has 0 bridgehead atoms. The summed E-state index contributed by atoms with van der Waals surface area (Å²) in [5, 5.41) is 2.65. The van der Waals surface area contributed by atoms with Gasteiger partial charge in [0.25, 0.3) is 0 Å². The molecular weight excluding hydrogens is 501 g/mol. The number of carbonyl (C=O) groups is 2. The smallest absolute Gasteiger partial charge is 0.244 e. The molecule has 0 aliphatic carbocycles.